The van der Waals surface area contributed by atoms with E-state index in [0.717, 1.165) is 12.6 Å². The Kier molecular flexibility index (Phi) is 7.24. The molecule has 0 aliphatic heterocycles. The first kappa shape index (κ1) is 21.3. The molecule has 2 heteroatoms. The molecule has 29 heavy (non-hydrogen) atoms. The summed E-state index contributed by atoms with van der Waals surface area (Å²) in [5.74, 6) is 3.01. The van der Waals surface area contributed by atoms with Crippen LogP contribution in [0.25, 0.3) is 0 Å². The van der Waals surface area contributed by atoms with E-state index in [9.17, 15) is 5.26 Å². The van der Waals surface area contributed by atoms with Crippen LogP contribution in [0.4, 0.5) is 0 Å². The number of nitriles is 1. The minimum atomic E-state index is -3.22. The Labute approximate surface area is 176 Å². The molecule has 0 N–H and O–H groups in total. The van der Waals surface area contributed by atoms with E-state index in [4.69, 9.17) is 0 Å². The molecule has 0 spiro atoms. The summed E-state index contributed by atoms with van der Waals surface area (Å²) in [6.45, 7) is -0.971. The number of hydrogen-bond acceptors (Lipinski definition) is 1. The fourth-order valence-corrected chi connectivity index (χ4v) is 10.00. The van der Waals surface area contributed by atoms with Crippen LogP contribution in [0.2, 0.25) is 0 Å². The van der Waals surface area contributed by atoms with E-state index in [1.54, 1.807) is 0 Å². The van der Waals surface area contributed by atoms with Gasteiger partial charge >= 0.3 is 176 Å². The molecular formula is C27H32NP. The van der Waals surface area contributed by atoms with Crippen molar-refractivity contribution in [3.05, 3.63) is 91.0 Å². The first-order valence-electron chi connectivity index (χ1n) is 10.9. The zero-order valence-electron chi connectivity index (χ0n) is 17.5. The SMILES string of the molecule is CCCCCCCCP(C#N)(c1ccccc1)(c1ccccc1)c1ccccc1. The molecule has 0 unspecified atom stereocenters. The summed E-state index contributed by atoms with van der Waals surface area (Å²) >= 11 is 0. The first-order chi connectivity index (χ1) is 14.3. The molecule has 1 nitrogen and oxygen atoms in total. The van der Waals surface area contributed by atoms with E-state index in [1.807, 2.05) is 18.2 Å². The zero-order chi connectivity index (χ0) is 20.4. The van der Waals surface area contributed by atoms with Crippen molar-refractivity contribution in [3.8, 4) is 5.81 Å². The van der Waals surface area contributed by atoms with Crippen molar-refractivity contribution in [2.45, 2.75) is 45.4 Å². The normalized spacial score (nSPS) is 12.6. The van der Waals surface area contributed by atoms with Gasteiger partial charge in [-0.05, 0) is 0 Å². The second-order valence-electron chi connectivity index (χ2n) is 7.90. The summed E-state index contributed by atoms with van der Waals surface area (Å²) in [7, 11) is 0. The number of unbranched alkanes of at least 4 members (excludes halogenated alkanes) is 5. The summed E-state index contributed by atoms with van der Waals surface area (Å²) in [5, 5.41) is 14.6. The van der Waals surface area contributed by atoms with Crippen LogP contribution in [-0.2, 0) is 0 Å². The predicted octanol–water partition coefficient (Wildman–Crippen LogP) is 6.36. The molecule has 0 radical (unpaired) electrons. The summed E-state index contributed by atoms with van der Waals surface area (Å²) in [4.78, 5) is 0. The van der Waals surface area contributed by atoms with Gasteiger partial charge in [0.1, 0.15) is 0 Å². The molecule has 3 aromatic carbocycles. The molecule has 0 saturated carbocycles. The Morgan fingerprint density at radius 2 is 0.966 bits per heavy atom. The van der Waals surface area contributed by atoms with Crippen molar-refractivity contribution < 1.29 is 0 Å². The molecule has 0 aliphatic carbocycles. The van der Waals surface area contributed by atoms with Crippen molar-refractivity contribution in [2.75, 3.05) is 6.16 Å². The monoisotopic (exact) mass is 401 g/mol. The van der Waals surface area contributed by atoms with Crippen LogP contribution in [0.15, 0.2) is 91.0 Å². The summed E-state index contributed by atoms with van der Waals surface area (Å²) in [5.41, 5.74) is 0. The molecule has 0 saturated heterocycles. The van der Waals surface area contributed by atoms with Crippen LogP contribution in [0, 0.1) is 11.1 Å². The number of benzene rings is 3. The molecule has 0 bridgehead atoms. The van der Waals surface area contributed by atoms with Crippen molar-refractivity contribution >= 4 is 22.5 Å². The molecular weight excluding hydrogens is 369 g/mol. The van der Waals surface area contributed by atoms with Gasteiger partial charge in [-0.25, -0.2) is 0 Å². The molecule has 0 amide bonds. The van der Waals surface area contributed by atoms with Gasteiger partial charge in [-0.3, -0.25) is 0 Å². The first-order valence-corrected chi connectivity index (χ1v) is 13.3. The molecule has 0 fully saturated rings. The third-order valence-corrected chi connectivity index (χ3v) is 12.1. The average Bonchev–Trinajstić information content (AvgIpc) is 2.81. The third-order valence-electron chi connectivity index (χ3n) is 6.16. The van der Waals surface area contributed by atoms with Gasteiger partial charge in [0.25, 0.3) is 0 Å². The zero-order valence-corrected chi connectivity index (χ0v) is 18.4. The molecule has 3 rings (SSSR count). The van der Waals surface area contributed by atoms with Crippen molar-refractivity contribution in [2.24, 2.45) is 0 Å². The van der Waals surface area contributed by atoms with Crippen LogP contribution in [-0.4, -0.2) is 6.16 Å². The van der Waals surface area contributed by atoms with E-state index in [0.29, 0.717) is 0 Å². The van der Waals surface area contributed by atoms with Gasteiger partial charge in [0, 0.05) is 0 Å². The minimum absolute atomic E-state index is 0.909. The van der Waals surface area contributed by atoms with Gasteiger partial charge in [-0.1, -0.05) is 0 Å². The quantitative estimate of drug-likeness (QED) is 0.286. The Bertz CT molecular complexity index is 814. The molecule has 150 valence electrons. The standard InChI is InChI=1S/C27H32NP/c1-2-3-4-5-6-16-23-29(24-28,25-17-10-7-11-18-25,26-19-12-8-13-20-26)27-21-14-9-15-22-27/h7-15,17-22H,2-6,16,23H2,1H3. The predicted molar refractivity (Wildman–Crippen MR) is 129 cm³/mol. The second-order valence-corrected chi connectivity index (χ2v) is 12.7. The average molecular weight is 402 g/mol. The second kappa shape index (κ2) is 9.87. The third kappa shape index (κ3) is 4.01. The van der Waals surface area contributed by atoms with E-state index in [-0.39, 0.29) is 0 Å². The van der Waals surface area contributed by atoms with Gasteiger partial charge in [0.05, 0.1) is 0 Å². The van der Waals surface area contributed by atoms with Gasteiger partial charge in [0.2, 0.25) is 0 Å². The van der Waals surface area contributed by atoms with E-state index in [2.05, 4.69) is 85.5 Å². The van der Waals surface area contributed by atoms with Crippen LogP contribution in [0.5, 0.6) is 0 Å². The Hall–Kier alpha value is -2.42. The maximum atomic E-state index is 11.0. The molecule has 0 heterocycles. The van der Waals surface area contributed by atoms with Gasteiger partial charge < -0.3 is 0 Å². The van der Waals surface area contributed by atoms with Gasteiger partial charge in [0.15, 0.2) is 0 Å². The number of rotatable bonds is 10. The van der Waals surface area contributed by atoms with Gasteiger partial charge in [-0.2, -0.15) is 0 Å². The van der Waals surface area contributed by atoms with E-state index >= 15 is 0 Å². The van der Waals surface area contributed by atoms with Crippen molar-refractivity contribution in [1.82, 2.24) is 0 Å². The van der Waals surface area contributed by atoms with E-state index in [1.165, 1.54) is 48.0 Å². The van der Waals surface area contributed by atoms with Crippen molar-refractivity contribution in [1.29, 1.82) is 5.26 Å². The summed E-state index contributed by atoms with van der Waals surface area (Å²) in [6.07, 6.45) is 8.28. The maximum absolute atomic E-state index is 11.0. The fraction of sp³-hybridized carbons (Fsp3) is 0.296. The molecule has 3 aromatic rings. The van der Waals surface area contributed by atoms with Crippen molar-refractivity contribution in [3.63, 3.8) is 0 Å². The Morgan fingerprint density at radius 3 is 1.34 bits per heavy atom. The topological polar surface area (TPSA) is 23.8 Å². The van der Waals surface area contributed by atoms with Crippen LogP contribution < -0.4 is 15.9 Å². The van der Waals surface area contributed by atoms with E-state index < -0.39 is 6.60 Å². The molecule has 0 atom stereocenters. The number of nitrogens with zero attached hydrogens (tertiary/aromatic N) is 1. The molecule has 0 aromatic heterocycles. The van der Waals surface area contributed by atoms with Crippen LogP contribution in [0.1, 0.15) is 45.4 Å². The fourth-order valence-electron chi connectivity index (χ4n) is 4.54. The Balaban J connectivity index is 2.17. The Morgan fingerprint density at radius 1 is 0.586 bits per heavy atom. The number of hydrogen-bond donors (Lipinski definition) is 0. The summed E-state index contributed by atoms with van der Waals surface area (Å²) < 4.78 is 0. The van der Waals surface area contributed by atoms with Crippen LogP contribution in [0.3, 0.4) is 0 Å². The van der Waals surface area contributed by atoms with Gasteiger partial charge in [-0.15, -0.1) is 0 Å². The molecule has 0 aliphatic rings. The summed E-state index contributed by atoms with van der Waals surface area (Å²) in [6, 6.07) is 31.7. The van der Waals surface area contributed by atoms with Crippen LogP contribution >= 0.6 is 6.60 Å².